The molecule has 10 atom stereocenters. The Morgan fingerprint density at radius 2 is 1.80 bits per heavy atom. The Bertz CT molecular complexity index is 2040. The van der Waals surface area contributed by atoms with E-state index in [1.54, 1.807) is 4.57 Å². The number of thiol groups is 1. The number of rotatable bonds is 2. The number of halogens is 1. The van der Waals surface area contributed by atoms with Crippen molar-refractivity contribution in [3.05, 3.63) is 29.3 Å². The van der Waals surface area contributed by atoms with Crippen LogP contribution in [0.3, 0.4) is 0 Å². The van der Waals surface area contributed by atoms with Gasteiger partial charge in [-0.05, 0) is 23.6 Å². The van der Waals surface area contributed by atoms with E-state index in [4.69, 9.17) is 67.4 Å². The molecule has 0 aromatic carbocycles. The first-order valence-electron chi connectivity index (χ1n) is 13.4. The van der Waals surface area contributed by atoms with Crippen LogP contribution in [-0.2, 0) is 55.9 Å². The molecule has 4 aliphatic heterocycles. The summed E-state index contributed by atoms with van der Waals surface area (Å²) in [5.41, 5.74) is 6.81. The van der Waals surface area contributed by atoms with Gasteiger partial charge in [-0.3, -0.25) is 23.4 Å². The van der Waals surface area contributed by atoms with Gasteiger partial charge < -0.3 is 44.1 Å². The van der Waals surface area contributed by atoms with Crippen molar-refractivity contribution in [2.24, 2.45) is 0 Å². The van der Waals surface area contributed by atoms with Crippen LogP contribution in [0, 0.1) is 0 Å². The number of nitrogens with two attached hydrogens (primary N) is 2. The third kappa shape index (κ3) is 5.00. The molecule has 4 fully saturated rings. The van der Waals surface area contributed by atoms with Crippen molar-refractivity contribution in [2.75, 3.05) is 31.3 Å². The number of nitrogens with one attached hydrogen (secondary N) is 1. The summed E-state index contributed by atoms with van der Waals surface area (Å²) >= 11 is 15.5. The van der Waals surface area contributed by atoms with Crippen molar-refractivity contribution in [3.63, 3.8) is 0 Å². The monoisotopic (exact) mass is 736 g/mol. The average molecular weight is 737 g/mol. The van der Waals surface area contributed by atoms with E-state index in [2.05, 4.69) is 42.2 Å². The summed E-state index contributed by atoms with van der Waals surface area (Å²) in [5, 5.41) is 0. The largest absolute Gasteiger partial charge is 0.382 e. The molecule has 0 radical (unpaired) electrons. The number of nitrogens with zero attached hydrogens (tertiary/aromatic N) is 7. The van der Waals surface area contributed by atoms with Crippen molar-refractivity contribution < 1.29 is 41.6 Å². The standard InChI is InChI=1S/C21H23FN10O9P2S3/c22-8-7-1-36-43(45,46)41-13-12-19(31-5-27-9-14(23)25-4-26-15(9)31)39-21(13,2-35-12)3-37-42(34,44)40-11(8)18(38-7)32-6-28-10-16(32)29-20(24)30-17(10)33/h4-8,11-13,18-19H,1-3H2,(H,34,44)(H,45,46)(H2,23,25,26)(H3,24,29,30,33)/t7-,8+,11-,12-,13+,18-,19-,21-,42?/m1/s1. The lowest BCUT2D eigenvalue weighted by atomic mass is 10.0. The van der Waals surface area contributed by atoms with Gasteiger partial charge in [0.25, 0.3) is 5.56 Å². The van der Waals surface area contributed by atoms with E-state index in [9.17, 15) is 9.69 Å². The van der Waals surface area contributed by atoms with Gasteiger partial charge in [0, 0.05) is 0 Å². The molecule has 46 heavy (non-hydrogen) atoms. The second-order valence-corrected chi connectivity index (χ2v) is 18.8. The number of nitrogen functional groups attached to an aromatic ring is 2. The molecule has 4 aliphatic rings. The molecule has 2 unspecified atom stereocenters. The van der Waals surface area contributed by atoms with E-state index in [0.29, 0.717) is 11.2 Å². The maximum atomic E-state index is 16.0. The predicted molar refractivity (Wildman–Crippen MR) is 165 cm³/mol. The van der Waals surface area contributed by atoms with Crippen LogP contribution in [-0.4, -0.2) is 99.9 Å². The first-order chi connectivity index (χ1) is 21.8. The van der Waals surface area contributed by atoms with Crippen LogP contribution in [0.2, 0.25) is 0 Å². The minimum atomic E-state index is -4.26. The fourth-order valence-electron chi connectivity index (χ4n) is 5.94. The first-order valence-corrected chi connectivity index (χ1v) is 19.8. The van der Waals surface area contributed by atoms with E-state index in [1.807, 2.05) is 0 Å². The van der Waals surface area contributed by atoms with Crippen LogP contribution in [0.5, 0.6) is 0 Å². The van der Waals surface area contributed by atoms with Gasteiger partial charge in [-0.15, -0.1) is 0 Å². The Labute approximate surface area is 271 Å². The molecule has 25 heteroatoms. The Morgan fingerprint density at radius 1 is 1.04 bits per heavy atom. The topological polar surface area (TPSA) is 244 Å². The van der Waals surface area contributed by atoms with Crippen LogP contribution in [0.15, 0.2) is 23.8 Å². The van der Waals surface area contributed by atoms with Crippen molar-refractivity contribution in [2.45, 2.75) is 48.6 Å². The fraction of sp³-hybridized carbons (Fsp3) is 0.524. The highest BCUT2D eigenvalue weighted by Crippen LogP contribution is 2.62. The maximum Gasteiger partial charge on any atom is 0.325 e. The number of aromatic amines is 1. The predicted octanol–water partition coefficient (Wildman–Crippen LogP) is 0.214. The normalized spacial score (nSPS) is 39.7. The Kier molecular flexibility index (Phi) is 7.35. The highest BCUT2D eigenvalue weighted by atomic mass is 32.9. The summed E-state index contributed by atoms with van der Waals surface area (Å²) in [4.78, 5) is 46.7. The van der Waals surface area contributed by atoms with Crippen LogP contribution < -0.4 is 17.0 Å². The zero-order valence-corrected chi connectivity index (χ0v) is 27.2. The van der Waals surface area contributed by atoms with Gasteiger partial charge in [0.15, 0.2) is 41.3 Å². The molecule has 246 valence electrons. The van der Waals surface area contributed by atoms with Gasteiger partial charge >= 0.3 is 6.72 Å². The summed E-state index contributed by atoms with van der Waals surface area (Å²) in [7, 11) is 0. The maximum absolute atomic E-state index is 16.0. The summed E-state index contributed by atoms with van der Waals surface area (Å²) in [6.07, 6.45) is -4.86. The highest BCUT2D eigenvalue weighted by molar-refractivity contribution is 8.60. The third-order valence-electron chi connectivity index (χ3n) is 8.00. The molecular formula is C21H23FN10O9P2S3. The van der Waals surface area contributed by atoms with Gasteiger partial charge in [0.2, 0.25) is 11.6 Å². The SMILES string of the molecule is Nc1nc2c(ncn2[C@@H]2O[C@@H]3COP(=S)(S)O[C@H]4[C@H]5OC[C@]4(COP(O)(=S)O[C@@H]2[C@H]3F)O[C@H]5n2cnc3c(N)ncnc32)c(=O)[nH]1. The van der Waals surface area contributed by atoms with E-state index >= 15 is 4.39 Å². The Morgan fingerprint density at radius 3 is 2.61 bits per heavy atom. The van der Waals surface area contributed by atoms with E-state index in [0.717, 1.165) is 0 Å². The lowest BCUT2D eigenvalue weighted by Crippen LogP contribution is -2.45. The Hall–Kier alpha value is -2.24. The first kappa shape index (κ1) is 31.1. The fourth-order valence-corrected chi connectivity index (χ4v) is 9.33. The molecular weight excluding hydrogens is 713 g/mol. The Balaban J connectivity index is 1.14. The van der Waals surface area contributed by atoms with Crippen LogP contribution >= 0.6 is 24.7 Å². The number of anilines is 2. The molecule has 19 nitrogen and oxygen atoms in total. The smallest absolute Gasteiger partial charge is 0.325 e. The van der Waals surface area contributed by atoms with Crippen molar-refractivity contribution in [1.82, 2.24) is 39.0 Å². The molecule has 4 bridgehead atoms. The lowest BCUT2D eigenvalue weighted by Gasteiger charge is -2.33. The average Bonchev–Trinajstić information content (AvgIpc) is 3.80. The molecule has 0 saturated carbocycles. The number of ether oxygens (including phenoxy) is 3. The summed E-state index contributed by atoms with van der Waals surface area (Å²) in [6, 6.07) is 0. The molecule has 0 aliphatic carbocycles. The summed E-state index contributed by atoms with van der Waals surface area (Å²) < 4.78 is 61.1. The molecule has 4 aromatic heterocycles. The van der Waals surface area contributed by atoms with Gasteiger partial charge in [-0.25, -0.2) is 24.3 Å². The second kappa shape index (κ2) is 10.9. The molecule has 4 saturated heterocycles. The van der Waals surface area contributed by atoms with Crippen molar-refractivity contribution in [1.29, 1.82) is 0 Å². The summed E-state index contributed by atoms with van der Waals surface area (Å²) in [6.45, 7) is -5.18. The number of fused-ring (bicyclic) bond motifs is 4. The van der Waals surface area contributed by atoms with Gasteiger partial charge in [0.05, 0.1) is 32.5 Å². The molecule has 6 N–H and O–H groups in total. The zero-order chi connectivity index (χ0) is 32.2. The minimum Gasteiger partial charge on any atom is -0.382 e. The lowest BCUT2D eigenvalue weighted by molar-refractivity contribution is -0.183. The van der Waals surface area contributed by atoms with Crippen LogP contribution in [0.4, 0.5) is 16.2 Å². The number of aromatic nitrogens is 8. The van der Waals surface area contributed by atoms with Crippen LogP contribution in [0.25, 0.3) is 22.3 Å². The third-order valence-corrected chi connectivity index (χ3v) is 11.7. The number of hydrogen-bond donors (Lipinski definition) is 5. The molecule has 0 spiro atoms. The van der Waals surface area contributed by atoms with E-state index in [-0.39, 0.29) is 29.5 Å². The highest BCUT2D eigenvalue weighted by Gasteiger charge is 2.65. The van der Waals surface area contributed by atoms with Crippen LogP contribution in [0.1, 0.15) is 12.5 Å². The van der Waals surface area contributed by atoms with Crippen molar-refractivity contribution in [3.8, 4) is 0 Å². The molecule has 8 rings (SSSR count). The molecule has 0 amide bonds. The van der Waals surface area contributed by atoms with E-state index in [1.165, 1.54) is 23.5 Å². The number of alkyl halides is 1. The number of imidazole rings is 2. The van der Waals surface area contributed by atoms with Gasteiger partial charge in [0.1, 0.15) is 41.9 Å². The zero-order valence-electron chi connectivity index (χ0n) is 22.9. The van der Waals surface area contributed by atoms with Gasteiger partial charge in [-0.1, -0.05) is 12.2 Å². The quantitative estimate of drug-likeness (QED) is 0.136. The van der Waals surface area contributed by atoms with E-state index < -0.39 is 79.8 Å². The van der Waals surface area contributed by atoms with Gasteiger partial charge in [-0.2, -0.15) is 4.98 Å². The number of hydrogen-bond acceptors (Lipinski definition) is 17. The number of H-pyrrole nitrogens is 1. The minimum absolute atomic E-state index is 0.0233. The summed E-state index contributed by atoms with van der Waals surface area (Å²) in [5.74, 6) is -0.0426. The molecule has 8 heterocycles. The molecule has 4 aromatic rings. The second-order valence-electron chi connectivity index (χ2n) is 10.8. The van der Waals surface area contributed by atoms with Crippen molar-refractivity contribution >= 4 is 82.4 Å².